The summed E-state index contributed by atoms with van der Waals surface area (Å²) in [6.07, 6.45) is 1.57. The van der Waals surface area contributed by atoms with E-state index in [9.17, 15) is 8.78 Å². The van der Waals surface area contributed by atoms with Crippen molar-refractivity contribution in [3.63, 3.8) is 0 Å². The van der Waals surface area contributed by atoms with E-state index in [-0.39, 0.29) is 12.0 Å². The lowest BCUT2D eigenvalue weighted by Crippen LogP contribution is -2.12. The van der Waals surface area contributed by atoms with Gasteiger partial charge >= 0.3 is 0 Å². The lowest BCUT2D eigenvalue weighted by molar-refractivity contribution is 0.0467. The molecule has 0 aromatic rings. The standard InChI is InChI=1S/C10H12F2.C2H6/c1-4-9-8(7(2)3)5-6-10(9,11)12;1-2/h4H,1-2,5-6H2,3H3;1-2H3. The third-order valence-electron chi connectivity index (χ3n) is 2.13. The van der Waals surface area contributed by atoms with E-state index in [4.69, 9.17) is 0 Å². The highest BCUT2D eigenvalue weighted by molar-refractivity contribution is 5.44. The van der Waals surface area contributed by atoms with Crippen molar-refractivity contribution in [3.8, 4) is 0 Å². The molecule has 0 bridgehead atoms. The Kier molecular flexibility index (Phi) is 4.75. The number of halogens is 2. The third-order valence-corrected chi connectivity index (χ3v) is 2.13. The lowest BCUT2D eigenvalue weighted by atomic mass is 10.0. The van der Waals surface area contributed by atoms with Gasteiger partial charge in [0.05, 0.1) is 0 Å². The quantitative estimate of drug-likeness (QED) is 0.615. The van der Waals surface area contributed by atoms with E-state index in [2.05, 4.69) is 13.2 Å². The van der Waals surface area contributed by atoms with Gasteiger partial charge in [-0.25, -0.2) is 8.78 Å². The predicted octanol–water partition coefficient (Wildman–Crippen LogP) is 4.50. The van der Waals surface area contributed by atoms with Gasteiger partial charge in [-0.05, 0) is 18.9 Å². The van der Waals surface area contributed by atoms with E-state index in [1.165, 1.54) is 6.08 Å². The summed E-state index contributed by atoms with van der Waals surface area (Å²) < 4.78 is 26.1. The number of alkyl halides is 2. The van der Waals surface area contributed by atoms with Crippen molar-refractivity contribution < 1.29 is 8.78 Å². The molecule has 1 aliphatic carbocycles. The van der Waals surface area contributed by atoms with Gasteiger partial charge in [0.15, 0.2) is 0 Å². The third kappa shape index (κ3) is 2.53. The van der Waals surface area contributed by atoms with Crippen molar-refractivity contribution in [2.45, 2.75) is 39.5 Å². The van der Waals surface area contributed by atoms with Crippen LogP contribution >= 0.6 is 0 Å². The van der Waals surface area contributed by atoms with Gasteiger partial charge in [-0.1, -0.05) is 38.7 Å². The van der Waals surface area contributed by atoms with Gasteiger partial charge in [-0.15, -0.1) is 0 Å². The van der Waals surface area contributed by atoms with Crippen LogP contribution in [0.3, 0.4) is 0 Å². The Hall–Kier alpha value is -0.920. The molecule has 1 aliphatic rings. The molecule has 0 N–H and O–H groups in total. The molecule has 0 nitrogen and oxygen atoms in total. The maximum absolute atomic E-state index is 13.0. The second kappa shape index (κ2) is 5.08. The van der Waals surface area contributed by atoms with Gasteiger partial charge in [0.1, 0.15) is 0 Å². The summed E-state index contributed by atoms with van der Waals surface area (Å²) in [7, 11) is 0. The Balaban J connectivity index is 0.000000791. The van der Waals surface area contributed by atoms with Crippen molar-refractivity contribution in [1.82, 2.24) is 0 Å². The molecule has 2 heteroatoms. The van der Waals surface area contributed by atoms with E-state index in [1.807, 2.05) is 13.8 Å². The largest absolute Gasteiger partial charge is 0.273 e. The number of allylic oxidation sites excluding steroid dienone is 4. The summed E-state index contributed by atoms with van der Waals surface area (Å²) in [4.78, 5) is 0. The van der Waals surface area contributed by atoms with Crippen LogP contribution in [0, 0.1) is 0 Å². The zero-order valence-electron chi connectivity index (χ0n) is 9.16. The van der Waals surface area contributed by atoms with Gasteiger partial charge in [0.2, 0.25) is 0 Å². The van der Waals surface area contributed by atoms with Crippen molar-refractivity contribution in [2.75, 3.05) is 0 Å². The average molecular weight is 200 g/mol. The average Bonchev–Trinajstić information content (AvgIpc) is 2.44. The van der Waals surface area contributed by atoms with E-state index in [0.29, 0.717) is 12.0 Å². The monoisotopic (exact) mass is 200 g/mol. The van der Waals surface area contributed by atoms with Crippen molar-refractivity contribution >= 4 is 0 Å². The van der Waals surface area contributed by atoms with Crippen LogP contribution in [0.1, 0.15) is 33.6 Å². The highest BCUT2D eigenvalue weighted by atomic mass is 19.3. The summed E-state index contributed by atoms with van der Waals surface area (Å²) in [5, 5.41) is 0. The highest BCUT2D eigenvalue weighted by Gasteiger charge is 2.39. The molecular weight excluding hydrogens is 182 g/mol. The molecule has 0 unspecified atom stereocenters. The van der Waals surface area contributed by atoms with Gasteiger partial charge in [0, 0.05) is 12.0 Å². The van der Waals surface area contributed by atoms with E-state index in [0.717, 1.165) is 5.57 Å². The minimum Gasteiger partial charge on any atom is -0.201 e. The van der Waals surface area contributed by atoms with Gasteiger partial charge < -0.3 is 0 Å². The molecule has 0 saturated heterocycles. The minimum atomic E-state index is -2.68. The Morgan fingerprint density at radius 1 is 1.43 bits per heavy atom. The Morgan fingerprint density at radius 3 is 2.21 bits per heavy atom. The second-order valence-electron chi connectivity index (χ2n) is 3.08. The second-order valence-corrected chi connectivity index (χ2v) is 3.08. The van der Waals surface area contributed by atoms with Gasteiger partial charge in [0.25, 0.3) is 5.92 Å². The van der Waals surface area contributed by atoms with Crippen LogP contribution in [0.5, 0.6) is 0 Å². The van der Waals surface area contributed by atoms with Crippen LogP contribution in [0.25, 0.3) is 0 Å². The maximum Gasteiger partial charge on any atom is 0.273 e. The van der Waals surface area contributed by atoms with Gasteiger partial charge in [-0.2, -0.15) is 0 Å². The highest BCUT2D eigenvalue weighted by Crippen LogP contribution is 2.42. The zero-order valence-corrected chi connectivity index (χ0v) is 9.16. The van der Waals surface area contributed by atoms with Crippen molar-refractivity contribution in [3.05, 3.63) is 36.0 Å². The molecule has 0 aliphatic heterocycles. The first-order valence-electron chi connectivity index (χ1n) is 4.89. The molecule has 0 fully saturated rings. The van der Waals surface area contributed by atoms with Crippen LogP contribution < -0.4 is 0 Å². The summed E-state index contributed by atoms with van der Waals surface area (Å²) >= 11 is 0. The molecule has 0 spiro atoms. The van der Waals surface area contributed by atoms with Crippen LogP contribution in [0.2, 0.25) is 0 Å². The fourth-order valence-electron chi connectivity index (χ4n) is 1.49. The summed E-state index contributed by atoms with van der Waals surface area (Å²) in [6.45, 7) is 12.8. The van der Waals surface area contributed by atoms with Crippen LogP contribution in [0.4, 0.5) is 8.78 Å². The van der Waals surface area contributed by atoms with E-state index >= 15 is 0 Å². The molecule has 0 saturated carbocycles. The van der Waals surface area contributed by atoms with E-state index < -0.39 is 5.92 Å². The summed E-state index contributed by atoms with van der Waals surface area (Å²) in [5.74, 6) is -2.68. The summed E-state index contributed by atoms with van der Waals surface area (Å²) in [5.41, 5.74) is 1.46. The normalized spacial score (nSPS) is 18.6. The SMILES string of the molecule is C=CC1=C(C(=C)C)CCC1(F)F.CC. The first-order valence-corrected chi connectivity index (χ1v) is 4.89. The van der Waals surface area contributed by atoms with Gasteiger partial charge in [-0.3, -0.25) is 0 Å². The summed E-state index contributed by atoms with van der Waals surface area (Å²) in [6, 6.07) is 0. The fourth-order valence-corrected chi connectivity index (χ4v) is 1.49. The molecular formula is C12H18F2. The van der Waals surface area contributed by atoms with Crippen LogP contribution in [-0.4, -0.2) is 5.92 Å². The zero-order chi connectivity index (χ0) is 11.4. The van der Waals surface area contributed by atoms with Crippen LogP contribution in [0.15, 0.2) is 36.0 Å². The molecule has 0 amide bonds. The molecule has 0 aromatic carbocycles. The molecule has 14 heavy (non-hydrogen) atoms. The van der Waals surface area contributed by atoms with Crippen molar-refractivity contribution in [2.24, 2.45) is 0 Å². The minimum absolute atomic E-state index is 0.0648. The molecule has 0 heterocycles. The first-order chi connectivity index (χ1) is 6.49. The van der Waals surface area contributed by atoms with E-state index in [1.54, 1.807) is 6.92 Å². The Labute approximate surface area is 85.0 Å². The molecule has 80 valence electrons. The number of hydrogen-bond acceptors (Lipinski definition) is 0. The lowest BCUT2D eigenvalue weighted by Gasteiger charge is -2.10. The first kappa shape index (κ1) is 13.1. The molecule has 0 aromatic heterocycles. The Morgan fingerprint density at radius 2 is 1.93 bits per heavy atom. The Bertz CT molecular complexity index is 259. The predicted molar refractivity (Wildman–Crippen MR) is 57.6 cm³/mol. The van der Waals surface area contributed by atoms with Crippen LogP contribution in [-0.2, 0) is 0 Å². The smallest absolute Gasteiger partial charge is 0.201 e. The molecule has 1 rings (SSSR count). The topological polar surface area (TPSA) is 0 Å². The van der Waals surface area contributed by atoms with Crippen molar-refractivity contribution in [1.29, 1.82) is 0 Å². The molecule has 0 atom stereocenters. The number of hydrogen-bond donors (Lipinski definition) is 0. The number of rotatable bonds is 2. The maximum atomic E-state index is 13.0. The molecule has 0 radical (unpaired) electrons. The fraction of sp³-hybridized carbons (Fsp3) is 0.500.